The van der Waals surface area contributed by atoms with Gasteiger partial charge in [0.05, 0.1) is 6.04 Å². The maximum Gasteiger partial charge on any atom is 0.254 e. The summed E-state index contributed by atoms with van der Waals surface area (Å²) in [6.07, 6.45) is -0.448. The molecular weight excluding hydrogens is 474 g/mol. The molecule has 0 radical (unpaired) electrons. The summed E-state index contributed by atoms with van der Waals surface area (Å²) in [6, 6.07) is 24.8. The first-order valence-electron chi connectivity index (χ1n) is 13.6. The number of nitrogens with zero attached hydrogens (tertiary/aromatic N) is 2. The lowest BCUT2D eigenvalue weighted by atomic mass is 10.0. The van der Waals surface area contributed by atoms with Gasteiger partial charge < -0.3 is 20.2 Å². The van der Waals surface area contributed by atoms with Crippen LogP contribution in [0.15, 0.2) is 78.9 Å². The highest BCUT2D eigenvalue weighted by Crippen LogP contribution is 2.33. The smallest absolute Gasteiger partial charge is 0.254 e. The zero-order chi connectivity index (χ0) is 26.6. The number of aryl methyl sites for hydroxylation is 2. The van der Waals surface area contributed by atoms with Crippen LogP contribution in [0.1, 0.15) is 51.2 Å². The Morgan fingerprint density at radius 1 is 0.816 bits per heavy atom. The maximum atomic E-state index is 13.3. The van der Waals surface area contributed by atoms with Gasteiger partial charge in [-0.1, -0.05) is 78.9 Å². The van der Waals surface area contributed by atoms with E-state index in [2.05, 4.69) is 10.2 Å². The van der Waals surface area contributed by atoms with Gasteiger partial charge in [-0.15, -0.1) is 0 Å². The minimum absolute atomic E-state index is 0.158. The molecule has 3 aromatic carbocycles. The van der Waals surface area contributed by atoms with Crippen LogP contribution in [0.2, 0.25) is 0 Å². The molecule has 0 saturated carbocycles. The van der Waals surface area contributed by atoms with Gasteiger partial charge in [0.15, 0.2) is 6.10 Å². The van der Waals surface area contributed by atoms with Gasteiger partial charge in [0, 0.05) is 38.3 Å². The molecule has 2 saturated heterocycles. The number of hydrogen-bond acceptors (Lipinski definition) is 4. The topological polar surface area (TPSA) is 72.9 Å². The minimum atomic E-state index is -1.20. The van der Waals surface area contributed by atoms with Crippen LogP contribution >= 0.6 is 0 Å². The highest BCUT2D eigenvalue weighted by Gasteiger charge is 2.42. The number of aliphatic hydroxyl groups excluding tert-OH is 1. The second-order valence-corrected chi connectivity index (χ2v) is 10.8. The summed E-state index contributed by atoms with van der Waals surface area (Å²) in [4.78, 5) is 30.7. The molecule has 2 amide bonds. The van der Waals surface area contributed by atoms with Crippen molar-refractivity contribution in [1.82, 2.24) is 15.1 Å². The van der Waals surface area contributed by atoms with Crippen LogP contribution in [-0.4, -0.2) is 59.4 Å². The summed E-state index contributed by atoms with van der Waals surface area (Å²) in [5.74, 6) is 0.732. The van der Waals surface area contributed by atoms with Crippen LogP contribution < -0.4 is 5.32 Å². The Bertz CT molecular complexity index is 1230. The Hall–Kier alpha value is -3.48. The lowest BCUT2D eigenvalue weighted by Crippen LogP contribution is -2.36. The van der Waals surface area contributed by atoms with Gasteiger partial charge in [-0.25, -0.2) is 0 Å². The first-order valence-corrected chi connectivity index (χ1v) is 13.6. The molecule has 0 aliphatic carbocycles. The van der Waals surface area contributed by atoms with Crippen molar-refractivity contribution in [2.75, 3.05) is 32.7 Å². The van der Waals surface area contributed by atoms with E-state index in [4.69, 9.17) is 0 Å². The Balaban J connectivity index is 1.18. The van der Waals surface area contributed by atoms with Gasteiger partial charge in [-0.05, 0) is 54.4 Å². The van der Waals surface area contributed by atoms with Crippen LogP contribution in [0.4, 0.5) is 0 Å². The maximum absolute atomic E-state index is 13.3. The third-order valence-electron chi connectivity index (χ3n) is 8.16. The first-order chi connectivity index (χ1) is 18.4. The lowest BCUT2D eigenvalue weighted by Gasteiger charge is -2.26. The predicted octanol–water partition coefficient (Wildman–Crippen LogP) is 4.29. The van der Waals surface area contributed by atoms with E-state index in [0.29, 0.717) is 17.4 Å². The number of benzene rings is 3. The van der Waals surface area contributed by atoms with Gasteiger partial charge >= 0.3 is 0 Å². The number of aliphatic hydroxyl groups is 1. The number of carbonyl (C=O) groups is 2. The third-order valence-corrected chi connectivity index (χ3v) is 8.16. The molecule has 6 nitrogen and oxygen atoms in total. The lowest BCUT2D eigenvalue weighted by molar-refractivity contribution is -0.130. The Morgan fingerprint density at radius 3 is 1.95 bits per heavy atom. The van der Waals surface area contributed by atoms with Crippen LogP contribution in [0.3, 0.4) is 0 Å². The van der Waals surface area contributed by atoms with E-state index < -0.39 is 6.10 Å². The molecule has 38 heavy (non-hydrogen) atoms. The van der Waals surface area contributed by atoms with Crippen molar-refractivity contribution >= 4 is 11.8 Å². The van der Waals surface area contributed by atoms with Gasteiger partial charge in [-0.2, -0.15) is 0 Å². The molecule has 3 aromatic rings. The number of amides is 2. The van der Waals surface area contributed by atoms with Crippen molar-refractivity contribution in [3.8, 4) is 0 Å². The normalized spacial score (nSPS) is 20.7. The molecule has 2 aliphatic heterocycles. The number of likely N-dealkylation sites (tertiary alicyclic amines) is 2. The van der Waals surface area contributed by atoms with E-state index in [1.807, 2.05) is 85.5 Å². The van der Waals surface area contributed by atoms with E-state index in [0.717, 1.165) is 61.4 Å². The molecule has 6 heteroatoms. The molecule has 2 fully saturated rings. The van der Waals surface area contributed by atoms with Crippen molar-refractivity contribution in [1.29, 1.82) is 0 Å². The Morgan fingerprint density at radius 2 is 1.37 bits per heavy atom. The van der Waals surface area contributed by atoms with Crippen molar-refractivity contribution in [3.05, 3.63) is 107 Å². The summed E-state index contributed by atoms with van der Waals surface area (Å²) in [6.45, 7) is 8.40. The number of rotatable bonds is 8. The summed E-state index contributed by atoms with van der Waals surface area (Å²) in [7, 11) is 0. The molecule has 2 N–H and O–H groups in total. The van der Waals surface area contributed by atoms with E-state index in [-0.39, 0.29) is 17.9 Å². The van der Waals surface area contributed by atoms with Crippen molar-refractivity contribution in [2.24, 2.45) is 11.8 Å². The van der Waals surface area contributed by atoms with Crippen LogP contribution in [0.25, 0.3) is 0 Å². The highest BCUT2D eigenvalue weighted by molar-refractivity contribution is 5.97. The van der Waals surface area contributed by atoms with Crippen LogP contribution in [0.5, 0.6) is 0 Å². The molecule has 0 bridgehead atoms. The number of carbonyl (C=O) groups excluding carboxylic acids is 2. The second-order valence-electron chi connectivity index (χ2n) is 10.8. The standard InChI is InChI=1S/C32H37N3O3/c1-22-10-9-11-23(2)29(22)32(38)35-20-26-18-34(19-27(26)21-35)17-16-28(24-12-5-3-6-13-24)33-31(37)30(36)25-14-7-4-8-15-25/h3-15,26-28,30,36H,16-21H2,1-2H3,(H,33,37). The minimum Gasteiger partial charge on any atom is -0.378 e. The van der Waals surface area contributed by atoms with Crippen molar-refractivity contribution in [2.45, 2.75) is 32.4 Å². The van der Waals surface area contributed by atoms with E-state index in [9.17, 15) is 14.7 Å². The zero-order valence-electron chi connectivity index (χ0n) is 22.2. The van der Waals surface area contributed by atoms with Crippen LogP contribution in [0, 0.1) is 25.7 Å². The third kappa shape index (κ3) is 5.66. The summed E-state index contributed by atoms with van der Waals surface area (Å²) >= 11 is 0. The first kappa shape index (κ1) is 26.1. The highest BCUT2D eigenvalue weighted by atomic mass is 16.3. The molecular formula is C32H37N3O3. The number of fused-ring (bicyclic) bond motifs is 1. The fourth-order valence-electron chi connectivity index (χ4n) is 6.11. The Kier molecular flexibility index (Phi) is 7.91. The molecule has 0 spiro atoms. The average molecular weight is 512 g/mol. The quantitative estimate of drug-likeness (QED) is 0.473. The van der Waals surface area contributed by atoms with E-state index in [1.165, 1.54) is 0 Å². The zero-order valence-corrected chi connectivity index (χ0v) is 22.2. The SMILES string of the molecule is Cc1cccc(C)c1C(=O)N1CC2CN(CCC(NC(=O)C(O)c3ccccc3)c3ccccc3)CC2C1. The van der Waals surface area contributed by atoms with Gasteiger partial charge in [-0.3, -0.25) is 9.59 Å². The van der Waals surface area contributed by atoms with E-state index >= 15 is 0 Å². The summed E-state index contributed by atoms with van der Waals surface area (Å²) in [5, 5.41) is 13.7. The summed E-state index contributed by atoms with van der Waals surface area (Å²) in [5.41, 5.74) is 4.55. The fourth-order valence-corrected chi connectivity index (χ4v) is 6.11. The summed E-state index contributed by atoms with van der Waals surface area (Å²) < 4.78 is 0. The monoisotopic (exact) mass is 511 g/mol. The number of nitrogens with one attached hydrogen (secondary N) is 1. The Labute approximate surface area is 225 Å². The fraction of sp³-hybridized carbons (Fsp3) is 0.375. The predicted molar refractivity (Wildman–Crippen MR) is 149 cm³/mol. The van der Waals surface area contributed by atoms with Gasteiger partial charge in [0.25, 0.3) is 11.8 Å². The van der Waals surface area contributed by atoms with Gasteiger partial charge in [0.1, 0.15) is 0 Å². The molecule has 0 aromatic heterocycles. The largest absolute Gasteiger partial charge is 0.378 e. The molecule has 4 unspecified atom stereocenters. The van der Waals surface area contributed by atoms with Crippen LogP contribution in [-0.2, 0) is 4.79 Å². The van der Waals surface area contributed by atoms with Gasteiger partial charge in [0.2, 0.25) is 0 Å². The van der Waals surface area contributed by atoms with Crippen molar-refractivity contribution < 1.29 is 14.7 Å². The molecule has 2 heterocycles. The molecule has 4 atom stereocenters. The average Bonchev–Trinajstić information content (AvgIpc) is 3.50. The molecule has 198 valence electrons. The number of hydrogen-bond donors (Lipinski definition) is 2. The molecule has 5 rings (SSSR count). The van der Waals surface area contributed by atoms with Crippen molar-refractivity contribution in [3.63, 3.8) is 0 Å². The van der Waals surface area contributed by atoms with E-state index in [1.54, 1.807) is 12.1 Å². The second kappa shape index (κ2) is 11.5. The molecule has 2 aliphatic rings.